The first-order valence-corrected chi connectivity index (χ1v) is 12.5. The molecule has 0 radical (unpaired) electrons. The molecule has 4 N–H and O–H groups in total. The van der Waals surface area contributed by atoms with Gasteiger partial charge in [0.05, 0.1) is 5.60 Å². The molecule has 35 heavy (non-hydrogen) atoms. The van der Waals surface area contributed by atoms with E-state index in [1.165, 1.54) is 7.05 Å². The number of nitrogens with zero attached hydrogens (tertiary/aromatic N) is 1. The van der Waals surface area contributed by atoms with E-state index < -0.39 is 29.1 Å². The maximum atomic E-state index is 12.2. The second kappa shape index (κ2) is 10.9. The first-order valence-electron chi connectivity index (χ1n) is 11.7. The van der Waals surface area contributed by atoms with Crippen molar-refractivity contribution < 1.29 is 29.0 Å². The van der Waals surface area contributed by atoms with Crippen LogP contribution in [0.2, 0.25) is 0 Å². The van der Waals surface area contributed by atoms with Gasteiger partial charge in [-0.2, -0.15) is 5.10 Å². The Kier molecular flexibility index (Phi) is 8.42. The number of hydrogen-bond donors (Lipinski definition) is 4. The number of amides is 3. The summed E-state index contributed by atoms with van der Waals surface area (Å²) in [4.78, 5) is 35.5. The molecule has 1 heterocycles. The van der Waals surface area contributed by atoms with Crippen LogP contribution in [0.1, 0.15) is 58.4 Å². The standard InChI is InChI=1S/C24H33BrN4O6/c1-14(27-21(31)20(30)26-4)11-15-7-9-24(10-8-15)19(28-29-22(32)35-24)17-12-16(5-6-18(17)25)34-13-23(2,3)33/h5-6,12,14-15,33H,7-11,13H2,1-4H3,(H,26,30)(H,27,31)(H,29,32)/t14-,15?,24?/m0/s1. The van der Waals surface area contributed by atoms with Crippen LogP contribution in [0.15, 0.2) is 27.8 Å². The number of likely N-dealkylation sites (N-methyl/N-ethyl adjacent to an activating group) is 1. The number of benzene rings is 1. The lowest BCUT2D eigenvalue weighted by molar-refractivity contribution is -0.139. The molecule has 0 saturated heterocycles. The van der Waals surface area contributed by atoms with Crippen LogP contribution in [0, 0.1) is 5.92 Å². The third-order valence-electron chi connectivity index (χ3n) is 6.17. The van der Waals surface area contributed by atoms with E-state index in [4.69, 9.17) is 9.47 Å². The van der Waals surface area contributed by atoms with Crippen molar-refractivity contribution >= 4 is 39.5 Å². The van der Waals surface area contributed by atoms with Crippen LogP contribution in [-0.2, 0) is 14.3 Å². The molecule has 1 aliphatic carbocycles. The minimum atomic E-state index is -0.983. The van der Waals surface area contributed by atoms with E-state index in [0.29, 0.717) is 36.6 Å². The highest BCUT2D eigenvalue weighted by atomic mass is 79.9. The number of hydrogen-bond acceptors (Lipinski definition) is 7. The molecule has 0 aromatic heterocycles. The van der Waals surface area contributed by atoms with Crippen molar-refractivity contribution in [2.45, 2.75) is 70.1 Å². The number of ether oxygens (including phenoxy) is 2. The second-order valence-electron chi connectivity index (χ2n) is 9.83. The Hall–Kier alpha value is -2.66. The van der Waals surface area contributed by atoms with Gasteiger partial charge in [0.15, 0.2) is 5.60 Å². The van der Waals surface area contributed by atoms with Gasteiger partial charge in [0.2, 0.25) is 0 Å². The van der Waals surface area contributed by atoms with Crippen molar-refractivity contribution in [1.29, 1.82) is 0 Å². The zero-order chi connectivity index (χ0) is 25.8. The summed E-state index contributed by atoms with van der Waals surface area (Å²) < 4.78 is 12.4. The molecule has 192 valence electrons. The highest BCUT2D eigenvalue weighted by molar-refractivity contribution is 9.10. The largest absolute Gasteiger partial charge is 0.491 e. The summed E-state index contributed by atoms with van der Waals surface area (Å²) in [6, 6.07) is 5.28. The SMILES string of the molecule is CNC(=O)C(=O)N[C@@H](C)CC1CCC2(CC1)OC(=O)NN=C2c1cc(OCC(C)(C)O)ccc1Br. The van der Waals surface area contributed by atoms with E-state index in [-0.39, 0.29) is 12.6 Å². The predicted octanol–water partition coefficient (Wildman–Crippen LogP) is 2.61. The Bertz CT molecular complexity index is 998. The molecule has 1 aliphatic heterocycles. The smallest absolute Gasteiger partial charge is 0.428 e. The Morgan fingerprint density at radius 2 is 2.03 bits per heavy atom. The lowest BCUT2D eigenvalue weighted by atomic mass is 9.73. The Morgan fingerprint density at radius 3 is 2.66 bits per heavy atom. The minimum absolute atomic E-state index is 0.120. The Balaban J connectivity index is 1.73. The number of nitrogens with one attached hydrogen (secondary N) is 3. The zero-order valence-corrected chi connectivity index (χ0v) is 22.0. The normalized spacial score (nSPS) is 23.0. The number of halogens is 1. The van der Waals surface area contributed by atoms with Crippen LogP contribution in [0.3, 0.4) is 0 Å². The molecule has 3 amide bonds. The van der Waals surface area contributed by atoms with Gasteiger partial charge in [-0.05, 0) is 77.0 Å². The summed E-state index contributed by atoms with van der Waals surface area (Å²) in [6.07, 6.45) is 2.78. The molecule has 2 aliphatic rings. The maximum absolute atomic E-state index is 12.2. The van der Waals surface area contributed by atoms with E-state index in [1.54, 1.807) is 19.9 Å². The molecular weight excluding hydrogens is 520 g/mol. The highest BCUT2D eigenvalue weighted by Crippen LogP contribution is 2.42. The molecule has 1 spiro atoms. The first-order chi connectivity index (χ1) is 16.4. The Labute approximate surface area is 213 Å². The van der Waals surface area contributed by atoms with Crippen molar-refractivity contribution in [3.8, 4) is 5.75 Å². The van der Waals surface area contributed by atoms with Gasteiger partial charge in [0.25, 0.3) is 0 Å². The quantitative estimate of drug-likeness (QED) is 0.383. The molecule has 1 atom stereocenters. The summed E-state index contributed by atoms with van der Waals surface area (Å²) in [7, 11) is 1.42. The summed E-state index contributed by atoms with van der Waals surface area (Å²) >= 11 is 3.58. The molecule has 0 bridgehead atoms. The second-order valence-corrected chi connectivity index (χ2v) is 10.7. The Morgan fingerprint density at radius 1 is 1.34 bits per heavy atom. The third-order valence-corrected chi connectivity index (χ3v) is 6.87. The van der Waals surface area contributed by atoms with E-state index >= 15 is 0 Å². The fourth-order valence-electron chi connectivity index (χ4n) is 4.47. The number of hydrazone groups is 1. The summed E-state index contributed by atoms with van der Waals surface area (Å²) in [6.45, 7) is 5.33. The van der Waals surface area contributed by atoms with Crippen LogP contribution in [0.25, 0.3) is 0 Å². The molecule has 1 saturated carbocycles. The van der Waals surface area contributed by atoms with Crippen molar-refractivity contribution in [3.63, 3.8) is 0 Å². The van der Waals surface area contributed by atoms with E-state index in [1.807, 2.05) is 19.1 Å². The van der Waals surface area contributed by atoms with Gasteiger partial charge in [-0.25, -0.2) is 10.2 Å². The topological polar surface area (TPSA) is 138 Å². The van der Waals surface area contributed by atoms with Crippen LogP contribution in [0.5, 0.6) is 5.75 Å². The lowest BCUT2D eigenvalue weighted by Crippen LogP contribution is -2.52. The van der Waals surface area contributed by atoms with Gasteiger partial charge in [0.1, 0.15) is 18.1 Å². The predicted molar refractivity (Wildman–Crippen MR) is 133 cm³/mol. The van der Waals surface area contributed by atoms with Crippen molar-refractivity contribution in [1.82, 2.24) is 16.1 Å². The number of carbonyl (C=O) groups is 3. The molecule has 1 aromatic carbocycles. The van der Waals surface area contributed by atoms with Gasteiger partial charge < -0.3 is 25.2 Å². The van der Waals surface area contributed by atoms with Crippen LogP contribution in [-0.4, -0.2) is 59.6 Å². The first kappa shape index (κ1) is 26.9. The van der Waals surface area contributed by atoms with Gasteiger partial charge >= 0.3 is 17.9 Å². The maximum Gasteiger partial charge on any atom is 0.428 e. The molecule has 11 heteroatoms. The van der Waals surface area contributed by atoms with Gasteiger partial charge in [-0.3, -0.25) is 9.59 Å². The van der Waals surface area contributed by atoms with Gasteiger partial charge in [-0.1, -0.05) is 15.9 Å². The number of carbonyl (C=O) groups excluding carboxylic acids is 3. The van der Waals surface area contributed by atoms with Crippen LogP contribution < -0.4 is 20.8 Å². The summed E-state index contributed by atoms with van der Waals surface area (Å²) in [5.41, 5.74) is 1.91. The van der Waals surface area contributed by atoms with Crippen molar-refractivity contribution in [2.75, 3.05) is 13.7 Å². The lowest BCUT2D eigenvalue weighted by Gasteiger charge is -2.42. The molecule has 1 fully saturated rings. The number of rotatable bonds is 7. The number of aliphatic hydroxyl groups is 1. The molecular formula is C24H33BrN4O6. The van der Waals surface area contributed by atoms with E-state index in [9.17, 15) is 19.5 Å². The van der Waals surface area contributed by atoms with Crippen molar-refractivity contribution in [2.24, 2.45) is 11.0 Å². The molecule has 0 unspecified atom stereocenters. The van der Waals surface area contributed by atoms with Gasteiger partial charge in [0, 0.05) is 23.1 Å². The minimum Gasteiger partial charge on any atom is -0.491 e. The highest BCUT2D eigenvalue weighted by Gasteiger charge is 2.47. The third kappa shape index (κ3) is 6.94. The van der Waals surface area contributed by atoms with Crippen LogP contribution >= 0.6 is 15.9 Å². The zero-order valence-electron chi connectivity index (χ0n) is 20.4. The fraction of sp³-hybridized carbons (Fsp3) is 0.583. The molecule has 3 rings (SSSR count). The molecule has 1 aromatic rings. The van der Waals surface area contributed by atoms with E-state index in [2.05, 4.69) is 37.1 Å². The van der Waals surface area contributed by atoms with Crippen molar-refractivity contribution in [3.05, 3.63) is 28.2 Å². The fourth-order valence-corrected chi connectivity index (χ4v) is 4.91. The molecule has 10 nitrogen and oxygen atoms in total. The van der Waals surface area contributed by atoms with Crippen LogP contribution in [0.4, 0.5) is 4.79 Å². The van der Waals surface area contributed by atoms with E-state index in [0.717, 1.165) is 22.9 Å². The average Bonchev–Trinajstić information content (AvgIpc) is 2.79. The summed E-state index contributed by atoms with van der Waals surface area (Å²) in [5, 5.41) is 19.4. The monoisotopic (exact) mass is 552 g/mol. The summed E-state index contributed by atoms with van der Waals surface area (Å²) in [5.74, 6) is -0.457. The average molecular weight is 553 g/mol. The van der Waals surface area contributed by atoms with Gasteiger partial charge in [-0.15, -0.1) is 0 Å².